The molecule has 0 bridgehead atoms. The molecular weight excluding hydrogens is 428 g/mol. The van der Waals surface area contributed by atoms with Gasteiger partial charge in [0.15, 0.2) is 6.29 Å². The monoisotopic (exact) mass is 462 g/mol. The van der Waals surface area contributed by atoms with E-state index < -0.39 is 5.78 Å². The summed E-state index contributed by atoms with van der Waals surface area (Å²) < 4.78 is 0. The maximum Gasteiger partial charge on any atom is 0.226 e. The largest absolute Gasteiger partial charge is 0.294 e. The second kappa shape index (κ2) is 9.07. The van der Waals surface area contributed by atoms with Crippen LogP contribution in [0.2, 0.25) is 0 Å². The number of rotatable bonds is 6. The molecule has 0 radical (unpaired) electrons. The average molecular weight is 463 g/mol. The van der Waals surface area contributed by atoms with Crippen molar-refractivity contribution < 1.29 is 9.59 Å². The number of hydrogen-bond donors (Lipinski definition) is 0. The fourth-order valence-electron chi connectivity index (χ4n) is 5.98. The lowest BCUT2D eigenvalue weighted by atomic mass is 9.80. The standard InChI is InChI=1S/C33H34O2/c1-21(19-33(2,3)4)9-10-22-11-12-25-16-28-17-26-14-23-7-5-6-8-24(23)15-27(26)18-30(28)32(29(25)13-22)31(35)20-34/h5-8,11-14,17-18,20-21H,9-10,15-16,19H2,1-4H3. The molecule has 1 unspecified atom stereocenters. The molecule has 2 aliphatic rings. The van der Waals surface area contributed by atoms with Crippen LogP contribution in [0.3, 0.4) is 0 Å². The summed E-state index contributed by atoms with van der Waals surface area (Å²) in [7, 11) is 0. The minimum absolute atomic E-state index is 0.327. The van der Waals surface area contributed by atoms with E-state index in [-0.39, 0.29) is 0 Å². The minimum atomic E-state index is -0.425. The van der Waals surface area contributed by atoms with Gasteiger partial charge in [0.1, 0.15) is 0 Å². The van der Waals surface area contributed by atoms with E-state index in [1.54, 1.807) is 0 Å². The third-order valence-corrected chi connectivity index (χ3v) is 7.45. The number of carbonyl (C=O) groups excluding carboxylic acids is 2. The summed E-state index contributed by atoms with van der Waals surface area (Å²) in [4.78, 5) is 24.7. The smallest absolute Gasteiger partial charge is 0.226 e. The van der Waals surface area contributed by atoms with Crippen LogP contribution in [-0.2, 0) is 28.9 Å². The van der Waals surface area contributed by atoms with E-state index >= 15 is 0 Å². The number of carbonyl (C=O) groups is 2. The van der Waals surface area contributed by atoms with Crippen molar-refractivity contribution in [3.05, 3.63) is 104 Å². The van der Waals surface area contributed by atoms with E-state index in [9.17, 15) is 9.59 Å². The lowest BCUT2D eigenvalue weighted by Gasteiger charge is -2.24. The second-order valence-corrected chi connectivity index (χ2v) is 11.7. The first kappa shape index (κ1) is 23.5. The van der Waals surface area contributed by atoms with Crippen LogP contribution in [-0.4, -0.2) is 12.1 Å². The normalized spacial score (nSPS) is 14.7. The lowest BCUT2D eigenvalue weighted by Crippen LogP contribution is -2.30. The maximum atomic E-state index is 13.0. The zero-order valence-corrected chi connectivity index (χ0v) is 21.3. The molecule has 1 atom stereocenters. The first-order valence-corrected chi connectivity index (χ1v) is 12.8. The summed E-state index contributed by atoms with van der Waals surface area (Å²) in [5.41, 5.74) is 9.11. The molecule has 0 saturated carbocycles. The summed E-state index contributed by atoms with van der Waals surface area (Å²) in [5, 5.41) is 2.15. The van der Waals surface area contributed by atoms with Crippen LogP contribution in [0.25, 0.3) is 11.6 Å². The van der Waals surface area contributed by atoms with Gasteiger partial charge in [-0.05, 0) is 105 Å². The third kappa shape index (κ3) is 4.80. The summed E-state index contributed by atoms with van der Waals surface area (Å²) in [6, 6.07) is 19.4. The Labute approximate surface area is 208 Å². The molecule has 0 N–H and O–H groups in total. The SMILES string of the molecule is CC(CCc1ccc2c(c1)C(C(=O)C=O)=c1cc3c(cc1C2)=Cc1ccccc1C3)CC(C)(C)C. The Kier molecular flexibility index (Phi) is 6.09. The van der Waals surface area contributed by atoms with Crippen LogP contribution >= 0.6 is 0 Å². The van der Waals surface area contributed by atoms with Crippen LogP contribution in [0.5, 0.6) is 0 Å². The Bertz CT molecular complexity index is 1450. The first-order chi connectivity index (χ1) is 16.7. The van der Waals surface area contributed by atoms with E-state index in [2.05, 4.69) is 88.4 Å². The summed E-state index contributed by atoms with van der Waals surface area (Å²) >= 11 is 0. The number of benzene rings is 3. The highest BCUT2D eigenvalue weighted by atomic mass is 16.2. The Hall–Kier alpha value is -3.26. The molecule has 178 valence electrons. The Balaban J connectivity index is 1.57. The van der Waals surface area contributed by atoms with E-state index in [0.29, 0.717) is 23.2 Å². The summed E-state index contributed by atoms with van der Waals surface area (Å²) in [5.74, 6) is 0.211. The predicted octanol–water partition coefficient (Wildman–Crippen LogP) is 5.30. The molecule has 2 heteroatoms. The molecule has 0 aromatic heterocycles. The van der Waals surface area contributed by atoms with Gasteiger partial charge in [-0.25, -0.2) is 0 Å². The van der Waals surface area contributed by atoms with E-state index in [0.717, 1.165) is 47.6 Å². The minimum Gasteiger partial charge on any atom is -0.294 e. The topological polar surface area (TPSA) is 34.1 Å². The van der Waals surface area contributed by atoms with Gasteiger partial charge in [0.25, 0.3) is 0 Å². The van der Waals surface area contributed by atoms with Crippen LogP contribution in [0.4, 0.5) is 0 Å². The Morgan fingerprint density at radius 2 is 1.71 bits per heavy atom. The van der Waals surface area contributed by atoms with Crippen LogP contribution in [0, 0.1) is 11.3 Å². The molecule has 5 rings (SSSR count). The van der Waals surface area contributed by atoms with Gasteiger partial charge in [-0.15, -0.1) is 0 Å². The third-order valence-electron chi connectivity index (χ3n) is 7.45. The molecule has 0 amide bonds. The number of aryl methyl sites for hydroxylation is 1. The van der Waals surface area contributed by atoms with Gasteiger partial charge in [0.2, 0.25) is 5.78 Å². The van der Waals surface area contributed by atoms with Crippen LogP contribution in [0.1, 0.15) is 79.5 Å². The number of fused-ring (bicyclic) bond motifs is 4. The quantitative estimate of drug-likeness (QED) is 0.288. The lowest BCUT2D eigenvalue weighted by molar-refractivity contribution is -0.126. The number of ketones is 1. The van der Waals surface area contributed by atoms with Gasteiger partial charge in [-0.3, -0.25) is 9.59 Å². The molecule has 0 saturated heterocycles. The zero-order chi connectivity index (χ0) is 24.7. The van der Waals surface area contributed by atoms with Crippen molar-refractivity contribution in [2.24, 2.45) is 11.3 Å². The molecular formula is C33H34O2. The van der Waals surface area contributed by atoms with E-state index in [1.165, 1.54) is 33.9 Å². The molecule has 3 aromatic rings. The fourth-order valence-corrected chi connectivity index (χ4v) is 5.98. The molecule has 0 spiro atoms. The molecule has 3 aromatic carbocycles. The van der Waals surface area contributed by atoms with E-state index in [4.69, 9.17) is 0 Å². The summed E-state index contributed by atoms with van der Waals surface area (Å²) in [6.45, 7) is 9.20. The van der Waals surface area contributed by atoms with Crippen molar-refractivity contribution in [3.8, 4) is 0 Å². The highest BCUT2D eigenvalue weighted by Gasteiger charge is 2.24. The fraction of sp³-hybridized carbons (Fsp3) is 0.333. The van der Waals surface area contributed by atoms with Crippen molar-refractivity contribution >= 4 is 23.7 Å². The molecule has 0 heterocycles. The van der Waals surface area contributed by atoms with Crippen molar-refractivity contribution in [2.45, 2.75) is 59.8 Å². The Morgan fingerprint density at radius 3 is 2.49 bits per heavy atom. The highest BCUT2D eigenvalue weighted by Crippen LogP contribution is 2.30. The van der Waals surface area contributed by atoms with Gasteiger partial charge in [0.05, 0.1) is 0 Å². The second-order valence-electron chi connectivity index (χ2n) is 11.7. The summed E-state index contributed by atoms with van der Waals surface area (Å²) in [6.07, 6.45) is 7.64. The number of Topliss-reactive ketones (excluding diaryl/α,β-unsaturated/α-hetero) is 1. The average Bonchev–Trinajstić information content (AvgIpc) is 2.82. The highest BCUT2D eigenvalue weighted by molar-refractivity contribution is 6.46. The predicted molar refractivity (Wildman–Crippen MR) is 143 cm³/mol. The molecule has 35 heavy (non-hydrogen) atoms. The van der Waals surface area contributed by atoms with Gasteiger partial charge >= 0.3 is 0 Å². The van der Waals surface area contributed by atoms with E-state index in [1.807, 2.05) is 0 Å². The van der Waals surface area contributed by atoms with Crippen molar-refractivity contribution in [1.29, 1.82) is 0 Å². The van der Waals surface area contributed by atoms with Crippen LogP contribution in [0.15, 0.2) is 54.6 Å². The van der Waals surface area contributed by atoms with Gasteiger partial charge in [0, 0.05) is 5.57 Å². The number of hydrogen-bond acceptors (Lipinski definition) is 2. The molecule has 0 fully saturated rings. The molecule has 2 nitrogen and oxygen atoms in total. The van der Waals surface area contributed by atoms with Crippen molar-refractivity contribution in [2.75, 3.05) is 0 Å². The first-order valence-electron chi connectivity index (χ1n) is 12.8. The molecule has 0 aliphatic heterocycles. The van der Waals surface area contributed by atoms with Gasteiger partial charge < -0.3 is 0 Å². The number of aldehydes is 1. The van der Waals surface area contributed by atoms with Gasteiger partial charge in [-0.1, -0.05) is 76.2 Å². The van der Waals surface area contributed by atoms with Crippen molar-refractivity contribution in [1.82, 2.24) is 0 Å². The van der Waals surface area contributed by atoms with Gasteiger partial charge in [-0.2, -0.15) is 0 Å². The van der Waals surface area contributed by atoms with Crippen molar-refractivity contribution in [3.63, 3.8) is 0 Å². The Morgan fingerprint density at radius 1 is 0.943 bits per heavy atom. The maximum absolute atomic E-state index is 13.0. The van der Waals surface area contributed by atoms with Crippen LogP contribution < -0.4 is 10.4 Å². The zero-order valence-electron chi connectivity index (χ0n) is 21.3. The molecule has 2 aliphatic carbocycles.